The molecule has 4 heteroatoms. The van der Waals surface area contributed by atoms with Crippen molar-refractivity contribution in [3.63, 3.8) is 0 Å². The van der Waals surface area contributed by atoms with Gasteiger partial charge in [-0.15, -0.1) is 0 Å². The third-order valence-electron chi connectivity index (χ3n) is 5.90. The lowest BCUT2D eigenvalue weighted by atomic mass is 9.96. The molecule has 30 heavy (non-hydrogen) atoms. The Morgan fingerprint density at radius 2 is 1.17 bits per heavy atom. The van der Waals surface area contributed by atoms with Crippen molar-refractivity contribution in [2.45, 2.75) is 122 Å². The monoisotopic (exact) mass is 420 g/mol. The van der Waals surface area contributed by atoms with E-state index in [1.807, 2.05) is 6.07 Å². The first kappa shape index (κ1) is 26.8. The molecule has 1 aromatic carbocycles. The quantitative estimate of drug-likeness (QED) is 0.194. The predicted octanol–water partition coefficient (Wildman–Crippen LogP) is 5.82. The zero-order valence-electron chi connectivity index (χ0n) is 19.0. The summed E-state index contributed by atoms with van der Waals surface area (Å²) in [6.07, 6.45) is 12.6. The molecule has 1 aromatic rings. The highest BCUT2D eigenvalue weighted by molar-refractivity contribution is 5.95. The summed E-state index contributed by atoms with van der Waals surface area (Å²) in [5.74, 6) is -0.0581. The normalized spacial score (nSPS) is 14.4. The van der Waals surface area contributed by atoms with Gasteiger partial charge in [-0.1, -0.05) is 114 Å². The van der Waals surface area contributed by atoms with Gasteiger partial charge in [0, 0.05) is 12.0 Å². The van der Waals surface area contributed by atoms with Crippen LogP contribution in [0.1, 0.15) is 114 Å². The number of benzene rings is 1. The molecular formula is C26H44O4. The number of Topliss-reactive ketones (excluding diaryl/α,β-unsaturated/α-hetero) is 1. The Bertz CT molecular complexity index is 531. The van der Waals surface area contributed by atoms with Crippen molar-refractivity contribution in [3.8, 4) is 0 Å². The number of ketones is 1. The predicted molar refractivity (Wildman–Crippen MR) is 124 cm³/mol. The largest absolute Gasteiger partial charge is 0.390 e. The standard InChI is InChI=1S/C26H44O4/c1-2-3-4-5-6-7-8-9-10-11-12-16-19-24(28)26(30)25(29)21-20-23(27)22-17-14-13-15-18-22/h13-15,17-18,24-26,28-30H,2-12,16,19-21H2,1H3. The molecule has 3 unspecified atom stereocenters. The first-order valence-corrected chi connectivity index (χ1v) is 12.2. The van der Waals surface area contributed by atoms with Crippen molar-refractivity contribution in [1.82, 2.24) is 0 Å². The zero-order chi connectivity index (χ0) is 22.0. The maximum absolute atomic E-state index is 12.1. The fourth-order valence-electron chi connectivity index (χ4n) is 3.84. The van der Waals surface area contributed by atoms with Crippen LogP contribution >= 0.6 is 0 Å². The van der Waals surface area contributed by atoms with Gasteiger partial charge in [-0.2, -0.15) is 0 Å². The SMILES string of the molecule is CCCCCCCCCCCCCCC(O)C(O)C(O)CCC(=O)c1ccccc1. The van der Waals surface area contributed by atoms with Gasteiger partial charge in [0.15, 0.2) is 5.78 Å². The van der Waals surface area contributed by atoms with E-state index in [0.29, 0.717) is 12.0 Å². The van der Waals surface area contributed by atoms with Crippen molar-refractivity contribution >= 4 is 5.78 Å². The van der Waals surface area contributed by atoms with Gasteiger partial charge >= 0.3 is 0 Å². The average molecular weight is 421 g/mol. The van der Waals surface area contributed by atoms with E-state index >= 15 is 0 Å². The van der Waals surface area contributed by atoms with E-state index < -0.39 is 18.3 Å². The van der Waals surface area contributed by atoms with E-state index in [-0.39, 0.29) is 18.6 Å². The fraction of sp³-hybridized carbons (Fsp3) is 0.731. The zero-order valence-corrected chi connectivity index (χ0v) is 19.0. The summed E-state index contributed by atoms with van der Waals surface area (Å²) in [6.45, 7) is 2.25. The van der Waals surface area contributed by atoms with Crippen molar-refractivity contribution in [2.75, 3.05) is 0 Å². The van der Waals surface area contributed by atoms with Gasteiger partial charge in [-0.05, 0) is 12.8 Å². The first-order valence-electron chi connectivity index (χ1n) is 12.2. The number of unbranched alkanes of at least 4 members (excludes halogenated alkanes) is 11. The molecule has 0 spiro atoms. The number of hydrogen-bond donors (Lipinski definition) is 3. The Balaban J connectivity index is 2.02. The number of carbonyl (C=O) groups excluding carboxylic acids is 1. The van der Waals surface area contributed by atoms with E-state index in [2.05, 4.69) is 6.92 Å². The van der Waals surface area contributed by atoms with Gasteiger partial charge in [0.1, 0.15) is 6.10 Å². The van der Waals surface area contributed by atoms with Gasteiger partial charge in [-0.25, -0.2) is 0 Å². The van der Waals surface area contributed by atoms with Crippen LogP contribution in [-0.2, 0) is 0 Å². The number of hydrogen-bond acceptors (Lipinski definition) is 4. The van der Waals surface area contributed by atoms with Crippen molar-refractivity contribution in [2.24, 2.45) is 0 Å². The third kappa shape index (κ3) is 12.5. The van der Waals surface area contributed by atoms with E-state index in [9.17, 15) is 20.1 Å². The lowest BCUT2D eigenvalue weighted by Gasteiger charge is -2.22. The Hall–Kier alpha value is -1.23. The number of rotatable bonds is 19. The highest BCUT2D eigenvalue weighted by atomic mass is 16.4. The minimum Gasteiger partial charge on any atom is -0.390 e. The van der Waals surface area contributed by atoms with E-state index in [0.717, 1.165) is 19.3 Å². The Kier molecular flexibility index (Phi) is 15.6. The highest BCUT2D eigenvalue weighted by Gasteiger charge is 2.24. The van der Waals surface area contributed by atoms with Crippen LogP contribution in [-0.4, -0.2) is 39.4 Å². The molecule has 0 radical (unpaired) electrons. The van der Waals surface area contributed by atoms with Crippen molar-refractivity contribution in [1.29, 1.82) is 0 Å². The van der Waals surface area contributed by atoms with Crippen molar-refractivity contribution in [3.05, 3.63) is 35.9 Å². The van der Waals surface area contributed by atoms with Gasteiger partial charge in [0.2, 0.25) is 0 Å². The maximum atomic E-state index is 12.1. The lowest BCUT2D eigenvalue weighted by molar-refractivity contribution is -0.0645. The summed E-state index contributed by atoms with van der Waals surface area (Å²) >= 11 is 0. The molecule has 0 saturated carbocycles. The number of carbonyl (C=O) groups is 1. The molecule has 0 amide bonds. The molecule has 0 heterocycles. The van der Waals surface area contributed by atoms with E-state index in [1.54, 1.807) is 24.3 Å². The molecule has 3 atom stereocenters. The van der Waals surface area contributed by atoms with Gasteiger partial charge < -0.3 is 15.3 Å². The summed E-state index contributed by atoms with van der Waals surface area (Å²) in [4.78, 5) is 12.1. The van der Waals surface area contributed by atoms with Crippen LogP contribution in [0.3, 0.4) is 0 Å². The molecular weight excluding hydrogens is 376 g/mol. The summed E-state index contributed by atoms with van der Waals surface area (Å²) in [7, 11) is 0. The Morgan fingerprint density at radius 3 is 1.70 bits per heavy atom. The van der Waals surface area contributed by atoms with Crippen molar-refractivity contribution < 1.29 is 20.1 Å². The molecule has 0 aliphatic rings. The molecule has 3 N–H and O–H groups in total. The Labute approximate surface area is 183 Å². The molecule has 172 valence electrons. The summed E-state index contributed by atoms with van der Waals surface area (Å²) in [6, 6.07) is 8.94. The van der Waals surface area contributed by atoms with Crippen LogP contribution in [0, 0.1) is 0 Å². The molecule has 0 saturated heterocycles. The van der Waals surface area contributed by atoms with E-state index in [4.69, 9.17) is 0 Å². The topological polar surface area (TPSA) is 77.8 Å². The maximum Gasteiger partial charge on any atom is 0.162 e. The number of aliphatic hydroxyl groups excluding tert-OH is 3. The lowest BCUT2D eigenvalue weighted by Crippen LogP contribution is -2.37. The van der Waals surface area contributed by atoms with E-state index in [1.165, 1.54) is 57.8 Å². The summed E-state index contributed by atoms with van der Waals surface area (Å²) in [5.41, 5.74) is 0.608. The second-order valence-electron chi connectivity index (χ2n) is 8.63. The first-order chi connectivity index (χ1) is 14.6. The molecule has 1 rings (SSSR count). The van der Waals surface area contributed by atoms with Crippen LogP contribution in [0.15, 0.2) is 30.3 Å². The molecule has 0 aromatic heterocycles. The third-order valence-corrected chi connectivity index (χ3v) is 5.90. The fourth-order valence-corrected chi connectivity index (χ4v) is 3.84. The molecule has 0 bridgehead atoms. The molecule has 0 aliphatic carbocycles. The van der Waals surface area contributed by atoms with Crippen LogP contribution in [0.25, 0.3) is 0 Å². The average Bonchev–Trinajstić information content (AvgIpc) is 2.77. The van der Waals surface area contributed by atoms with Gasteiger partial charge in [0.25, 0.3) is 0 Å². The highest BCUT2D eigenvalue weighted by Crippen LogP contribution is 2.16. The minimum absolute atomic E-state index is 0.0581. The summed E-state index contributed by atoms with van der Waals surface area (Å²) in [5, 5.41) is 30.4. The smallest absolute Gasteiger partial charge is 0.162 e. The second-order valence-corrected chi connectivity index (χ2v) is 8.63. The van der Waals surface area contributed by atoms with Gasteiger partial charge in [-0.3, -0.25) is 4.79 Å². The minimum atomic E-state index is -1.19. The molecule has 4 nitrogen and oxygen atoms in total. The van der Waals surface area contributed by atoms with Crippen LogP contribution < -0.4 is 0 Å². The number of aliphatic hydroxyl groups is 3. The second kappa shape index (κ2) is 17.5. The van der Waals surface area contributed by atoms with Crippen LogP contribution in [0.4, 0.5) is 0 Å². The summed E-state index contributed by atoms with van der Waals surface area (Å²) < 4.78 is 0. The van der Waals surface area contributed by atoms with Gasteiger partial charge in [0.05, 0.1) is 12.2 Å². The van der Waals surface area contributed by atoms with Crippen LogP contribution in [0.5, 0.6) is 0 Å². The van der Waals surface area contributed by atoms with Crippen LogP contribution in [0.2, 0.25) is 0 Å². The Morgan fingerprint density at radius 1 is 0.700 bits per heavy atom. The molecule has 0 fully saturated rings. The molecule has 0 aliphatic heterocycles.